The van der Waals surface area contributed by atoms with Gasteiger partial charge >= 0.3 is 0 Å². The molecule has 0 aliphatic carbocycles. The smallest absolute Gasteiger partial charge is 0.135 e. The fourth-order valence-electron chi connectivity index (χ4n) is 3.97. The van der Waals surface area contributed by atoms with Crippen molar-refractivity contribution in [3.8, 4) is 17.0 Å². The molecular formula is C22H20FN5O. The standard InChI is InChI=1S/C22H20FN5O/c1-13-9-20(28(2)27-13)17-12-26-22(18-10-24-7-5-14(17)18)25-11-16-15-6-8-29-21(15)4-3-19(16)23/h3-5,7,9-10,12H,6,8,11H2,1-2H3,(H,25,26). The Bertz CT molecular complexity index is 1230. The molecule has 0 unspecified atom stereocenters. The summed E-state index contributed by atoms with van der Waals surface area (Å²) < 4.78 is 21.9. The Hall–Kier alpha value is -3.48. The molecule has 3 aromatic heterocycles. The maximum absolute atomic E-state index is 14.5. The highest BCUT2D eigenvalue weighted by Gasteiger charge is 2.20. The first-order valence-corrected chi connectivity index (χ1v) is 9.52. The number of fused-ring (bicyclic) bond motifs is 2. The average Bonchev–Trinajstić information content (AvgIpc) is 3.33. The molecule has 6 nitrogen and oxygen atoms in total. The Morgan fingerprint density at radius 1 is 1.21 bits per heavy atom. The van der Waals surface area contributed by atoms with Crippen LogP contribution in [-0.2, 0) is 20.0 Å². The summed E-state index contributed by atoms with van der Waals surface area (Å²) in [6.07, 6.45) is 6.10. The van der Waals surface area contributed by atoms with Gasteiger partial charge in [-0.3, -0.25) is 9.67 Å². The Labute approximate surface area is 167 Å². The fourth-order valence-corrected chi connectivity index (χ4v) is 3.97. The Balaban J connectivity index is 1.54. The Morgan fingerprint density at radius 2 is 2.10 bits per heavy atom. The SMILES string of the molecule is Cc1cc(-c2cnc(NCc3c(F)ccc4c3CCO4)c3cnccc23)n(C)n1. The lowest BCUT2D eigenvalue weighted by molar-refractivity contribution is 0.356. The van der Waals surface area contributed by atoms with Gasteiger partial charge in [-0.1, -0.05) is 0 Å². The molecule has 1 aromatic carbocycles. The molecule has 4 heterocycles. The number of aromatic nitrogens is 4. The van der Waals surface area contributed by atoms with Crippen LogP contribution in [0.5, 0.6) is 5.75 Å². The molecule has 1 N–H and O–H groups in total. The molecule has 0 atom stereocenters. The van der Waals surface area contributed by atoms with Gasteiger partial charge in [0.05, 0.1) is 18.0 Å². The molecule has 0 saturated carbocycles. The molecule has 0 radical (unpaired) electrons. The van der Waals surface area contributed by atoms with E-state index in [1.165, 1.54) is 6.07 Å². The summed E-state index contributed by atoms with van der Waals surface area (Å²) in [6.45, 7) is 2.89. The number of hydrogen-bond acceptors (Lipinski definition) is 5. The number of pyridine rings is 2. The van der Waals surface area contributed by atoms with Gasteiger partial charge in [0.1, 0.15) is 17.4 Å². The third kappa shape index (κ3) is 2.99. The zero-order valence-corrected chi connectivity index (χ0v) is 16.2. The van der Waals surface area contributed by atoms with Crippen molar-refractivity contribution in [3.63, 3.8) is 0 Å². The summed E-state index contributed by atoms with van der Waals surface area (Å²) in [7, 11) is 1.92. The van der Waals surface area contributed by atoms with Crippen LogP contribution in [0.4, 0.5) is 10.2 Å². The molecule has 146 valence electrons. The van der Waals surface area contributed by atoms with E-state index in [9.17, 15) is 4.39 Å². The molecule has 0 amide bonds. The number of halogens is 1. The quantitative estimate of drug-likeness (QED) is 0.571. The van der Waals surface area contributed by atoms with Crippen molar-refractivity contribution in [3.05, 3.63) is 65.5 Å². The minimum Gasteiger partial charge on any atom is -0.493 e. The number of aryl methyl sites for hydroxylation is 2. The third-order valence-corrected chi connectivity index (χ3v) is 5.34. The van der Waals surface area contributed by atoms with Crippen LogP contribution in [-0.4, -0.2) is 26.4 Å². The first-order valence-electron chi connectivity index (χ1n) is 9.52. The minimum atomic E-state index is -0.230. The Morgan fingerprint density at radius 3 is 2.93 bits per heavy atom. The number of nitrogens with zero attached hydrogens (tertiary/aromatic N) is 4. The van der Waals surface area contributed by atoms with Crippen LogP contribution in [0.25, 0.3) is 22.0 Å². The largest absolute Gasteiger partial charge is 0.493 e. The number of anilines is 1. The lowest BCUT2D eigenvalue weighted by atomic mass is 10.0. The van der Waals surface area contributed by atoms with Gasteiger partial charge in [0.25, 0.3) is 0 Å². The zero-order valence-electron chi connectivity index (χ0n) is 16.2. The lowest BCUT2D eigenvalue weighted by Gasteiger charge is -2.14. The average molecular weight is 389 g/mol. The van der Waals surface area contributed by atoms with Crippen molar-refractivity contribution in [1.29, 1.82) is 0 Å². The molecular weight excluding hydrogens is 369 g/mol. The van der Waals surface area contributed by atoms with E-state index < -0.39 is 0 Å². The van der Waals surface area contributed by atoms with Crippen molar-refractivity contribution in [2.24, 2.45) is 7.05 Å². The van der Waals surface area contributed by atoms with E-state index in [0.29, 0.717) is 24.5 Å². The van der Waals surface area contributed by atoms with Crippen LogP contribution >= 0.6 is 0 Å². The van der Waals surface area contributed by atoms with E-state index in [4.69, 9.17) is 4.74 Å². The second kappa shape index (κ2) is 6.84. The Kier molecular flexibility index (Phi) is 4.16. The van der Waals surface area contributed by atoms with Gasteiger partial charge in [-0.15, -0.1) is 0 Å². The number of nitrogens with one attached hydrogen (secondary N) is 1. The van der Waals surface area contributed by atoms with Gasteiger partial charge in [-0.2, -0.15) is 5.10 Å². The topological polar surface area (TPSA) is 64.9 Å². The summed E-state index contributed by atoms with van der Waals surface area (Å²) in [5.41, 5.74) is 4.48. The summed E-state index contributed by atoms with van der Waals surface area (Å²) in [5.74, 6) is 1.21. The van der Waals surface area contributed by atoms with Gasteiger partial charge in [0, 0.05) is 60.7 Å². The van der Waals surface area contributed by atoms with Crippen molar-refractivity contribution < 1.29 is 9.13 Å². The molecule has 29 heavy (non-hydrogen) atoms. The van der Waals surface area contributed by atoms with Crippen LogP contribution < -0.4 is 10.1 Å². The van der Waals surface area contributed by atoms with Crippen LogP contribution in [0.1, 0.15) is 16.8 Å². The van der Waals surface area contributed by atoms with Crippen molar-refractivity contribution >= 4 is 16.6 Å². The number of rotatable bonds is 4. The van der Waals surface area contributed by atoms with E-state index >= 15 is 0 Å². The second-order valence-corrected chi connectivity index (χ2v) is 7.19. The molecule has 0 spiro atoms. The van der Waals surface area contributed by atoms with Crippen molar-refractivity contribution in [2.75, 3.05) is 11.9 Å². The molecule has 0 bridgehead atoms. The van der Waals surface area contributed by atoms with E-state index in [-0.39, 0.29) is 5.82 Å². The number of benzene rings is 1. The maximum atomic E-state index is 14.5. The molecule has 0 fully saturated rings. The van der Waals surface area contributed by atoms with Gasteiger partial charge in [-0.25, -0.2) is 9.37 Å². The van der Waals surface area contributed by atoms with Gasteiger partial charge in [0.15, 0.2) is 0 Å². The summed E-state index contributed by atoms with van der Waals surface area (Å²) >= 11 is 0. The minimum absolute atomic E-state index is 0.230. The molecule has 7 heteroatoms. The van der Waals surface area contributed by atoms with Gasteiger partial charge in [0.2, 0.25) is 0 Å². The van der Waals surface area contributed by atoms with Crippen LogP contribution in [0.2, 0.25) is 0 Å². The van der Waals surface area contributed by atoms with Crippen molar-refractivity contribution in [1.82, 2.24) is 19.7 Å². The zero-order chi connectivity index (χ0) is 20.0. The van der Waals surface area contributed by atoms with Gasteiger partial charge in [-0.05, 0) is 36.6 Å². The predicted octanol–water partition coefficient (Wildman–Crippen LogP) is 4.02. The molecule has 5 rings (SSSR count). The lowest BCUT2D eigenvalue weighted by Crippen LogP contribution is -2.07. The monoisotopic (exact) mass is 389 g/mol. The van der Waals surface area contributed by atoms with Crippen LogP contribution in [0, 0.1) is 12.7 Å². The highest BCUT2D eigenvalue weighted by atomic mass is 19.1. The first kappa shape index (κ1) is 17.6. The number of hydrogen-bond donors (Lipinski definition) is 1. The molecule has 0 saturated heterocycles. The number of ether oxygens (including phenoxy) is 1. The third-order valence-electron chi connectivity index (χ3n) is 5.34. The fraction of sp³-hybridized carbons (Fsp3) is 0.227. The van der Waals surface area contributed by atoms with Gasteiger partial charge < -0.3 is 10.1 Å². The summed E-state index contributed by atoms with van der Waals surface area (Å²) in [6, 6.07) is 7.16. The van der Waals surface area contributed by atoms with E-state index in [1.807, 2.05) is 37.0 Å². The summed E-state index contributed by atoms with van der Waals surface area (Å²) in [4.78, 5) is 8.90. The van der Waals surface area contributed by atoms with E-state index in [2.05, 4.69) is 20.4 Å². The molecule has 1 aliphatic heterocycles. The second-order valence-electron chi connectivity index (χ2n) is 7.19. The van der Waals surface area contributed by atoms with Crippen LogP contribution in [0.15, 0.2) is 42.9 Å². The van der Waals surface area contributed by atoms with Crippen molar-refractivity contribution in [2.45, 2.75) is 19.9 Å². The highest BCUT2D eigenvalue weighted by Crippen LogP contribution is 2.33. The maximum Gasteiger partial charge on any atom is 0.135 e. The highest BCUT2D eigenvalue weighted by molar-refractivity contribution is 6.00. The first-order chi connectivity index (χ1) is 14.1. The summed E-state index contributed by atoms with van der Waals surface area (Å²) in [5, 5.41) is 9.64. The normalized spacial score (nSPS) is 12.8. The van der Waals surface area contributed by atoms with E-state index in [0.717, 1.165) is 45.5 Å². The van der Waals surface area contributed by atoms with Crippen LogP contribution in [0.3, 0.4) is 0 Å². The molecule has 1 aliphatic rings. The predicted molar refractivity (Wildman–Crippen MR) is 109 cm³/mol. The van der Waals surface area contributed by atoms with E-state index in [1.54, 1.807) is 18.5 Å². The molecule has 4 aromatic rings.